The predicted octanol–water partition coefficient (Wildman–Crippen LogP) is 1.71. The van der Waals surface area contributed by atoms with Gasteiger partial charge in [-0.25, -0.2) is 8.42 Å². The van der Waals surface area contributed by atoms with Crippen molar-refractivity contribution in [1.82, 2.24) is 25.0 Å². The lowest BCUT2D eigenvalue weighted by Crippen LogP contribution is -2.36. The molecule has 31 heavy (non-hydrogen) atoms. The van der Waals surface area contributed by atoms with Gasteiger partial charge >= 0.3 is 0 Å². The molecule has 10 heteroatoms. The van der Waals surface area contributed by atoms with Crippen molar-refractivity contribution in [3.05, 3.63) is 41.7 Å². The summed E-state index contributed by atoms with van der Waals surface area (Å²) in [6, 6.07) is 9.89. The Balaban J connectivity index is 1.42. The van der Waals surface area contributed by atoms with Gasteiger partial charge in [0.05, 0.1) is 30.3 Å². The van der Waals surface area contributed by atoms with E-state index in [1.54, 1.807) is 0 Å². The summed E-state index contributed by atoms with van der Waals surface area (Å²) in [6.45, 7) is 3.56. The van der Waals surface area contributed by atoms with Gasteiger partial charge < -0.3 is 9.88 Å². The van der Waals surface area contributed by atoms with Gasteiger partial charge in [0.2, 0.25) is 5.91 Å². The van der Waals surface area contributed by atoms with Crippen LogP contribution in [0.3, 0.4) is 0 Å². The van der Waals surface area contributed by atoms with Crippen LogP contribution in [0.1, 0.15) is 37.1 Å². The number of nitrogens with zero attached hydrogens (tertiary/aromatic N) is 4. The second-order valence-corrected chi connectivity index (χ2v) is 11.4. The van der Waals surface area contributed by atoms with Crippen LogP contribution < -0.4 is 5.32 Å². The van der Waals surface area contributed by atoms with E-state index >= 15 is 0 Å². The molecule has 2 saturated heterocycles. The number of hydrogen-bond donors (Lipinski definition) is 1. The van der Waals surface area contributed by atoms with Crippen molar-refractivity contribution < 1.29 is 13.2 Å². The molecule has 4 rings (SSSR count). The summed E-state index contributed by atoms with van der Waals surface area (Å²) < 4.78 is 25.3. The Kier molecular flexibility index (Phi) is 7.29. The molecule has 2 aliphatic rings. The summed E-state index contributed by atoms with van der Waals surface area (Å²) in [5.41, 5.74) is 1.16. The Labute approximate surface area is 187 Å². The molecule has 0 aliphatic carbocycles. The molecule has 0 radical (unpaired) electrons. The molecule has 1 N–H and O–H groups in total. The summed E-state index contributed by atoms with van der Waals surface area (Å²) in [6.07, 6.45) is 4.20. The average molecular weight is 464 g/mol. The number of rotatable bonds is 8. The summed E-state index contributed by atoms with van der Waals surface area (Å²) in [7, 11) is -3.01. The Morgan fingerprint density at radius 1 is 1.10 bits per heavy atom. The number of nitrogens with one attached hydrogen (secondary N) is 1. The highest BCUT2D eigenvalue weighted by molar-refractivity contribution is 7.99. The minimum absolute atomic E-state index is 0.0353. The number of aromatic nitrogens is 3. The van der Waals surface area contributed by atoms with Gasteiger partial charge in [0.25, 0.3) is 0 Å². The van der Waals surface area contributed by atoms with E-state index in [1.807, 2.05) is 18.2 Å². The van der Waals surface area contributed by atoms with E-state index < -0.39 is 9.84 Å². The zero-order valence-corrected chi connectivity index (χ0v) is 19.2. The van der Waals surface area contributed by atoms with Gasteiger partial charge in [0.1, 0.15) is 5.82 Å². The maximum Gasteiger partial charge on any atom is 0.230 e. The standard InChI is InChI=1S/C21H29N5O3S2/c27-20(22-18-9-12-31(28,29)16-18)15-30-21-24-23-19(14-25-10-5-2-6-11-25)26(21)13-17-7-3-1-4-8-17/h1,3-4,7-8,18H,2,5-6,9-16H2,(H,22,27)/t18-/m1/s1. The van der Waals surface area contributed by atoms with Crippen molar-refractivity contribution >= 4 is 27.5 Å². The third-order valence-electron chi connectivity index (χ3n) is 5.72. The van der Waals surface area contributed by atoms with E-state index in [1.165, 1.54) is 31.0 Å². The summed E-state index contributed by atoms with van der Waals surface area (Å²) in [5.74, 6) is 1.12. The van der Waals surface area contributed by atoms with Crippen LogP contribution in [0.5, 0.6) is 0 Å². The third kappa shape index (κ3) is 6.30. The first kappa shape index (κ1) is 22.3. The molecule has 0 spiro atoms. The SMILES string of the molecule is O=C(CSc1nnc(CN2CCCCC2)n1Cc1ccccc1)N[C@@H]1CCS(=O)(=O)C1. The van der Waals surface area contributed by atoms with Gasteiger partial charge in [0, 0.05) is 6.04 Å². The molecule has 2 aliphatic heterocycles. The zero-order valence-electron chi connectivity index (χ0n) is 17.6. The summed E-state index contributed by atoms with van der Waals surface area (Å²) in [5, 5.41) is 12.4. The third-order valence-corrected chi connectivity index (χ3v) is 8.46. The van der Waals surface area contributed by atoms with Gasteiger partial charge in [-0.05, 0) is 37.9 Å². The molecule has 2 fully saturated rings. The Hall–Kier alpha value is -1.91. The van der Waals surface area contributed by atoms with Gasteiger partial charge in [-0.1, -0.05) is 48.5 Å². The topological polar surface area (TPSA) is 97.2 Å². The summed E-state index contributed by atoms with van der Waals surface area (Å²) in [4.78, 5) is 14.8. The quantitative estimate of drug-likeness (QED) is 0.595. The molecule has 8 nitrogen and oxygen atoms in total. The lowest BCUT2D eigenvalue weighted by Gasteiger charge is -2.26. The number of piperidine rings is 1. The van der Waals surface area contributed by atoms with Crippen molar-refractivity contribution in [3.63, 3.8) is 0 Å². The van der Waals surface area contributed by atoms with Crippen LogP contribution in [0.25, 0.3) is 0 Å². The smallest absolute Gasteiger partial charge is 0.230 e. The van der Waals surface area contributed by atoms with Crippen LogP contribution >= 0.6 is 11.8 Å². The van der Waals surface area contributed by atoms with Crippen LogP contribution in [0, 0.1) is 0 Å². The number of benzene rings is 1. The first-order valence-corrected chi connectivity index (χ1v) is 13.6. The normalized spacial score (nSPS) is 21.2. The monoisotopic (exact) mass is 463 g/mol. The van der Waals surface area contributed by atoms with Crippen molar-refractivity contribution in [3.8, 4) is 0 Å². The zero-order chi connectivity index (χ0) is 21.7. The maximum atomic E-state index is 12.4. The molecule has 168 valence electrons. The molecular weight excluding hydrogens is 434 g/mol. The van der Waals surface area contributed by atoms with Crippen molar-refractivity contribution in [1.29, 1.82) is 0 Å². The van der Waals surface area contributed by atoms with E-state index in [0.29, 0.717) is 18.1 Å². The molecule has 1 aromatic heterocycles. The molecule has 1 atom stereocenters. The maximum absolute atomic E-state index is 12.4. The van der Waals surface area contributed by atoms with Crippen LogP contribution in [-0.2, 0) is 27.7 Å². The van der Waals surface area contributed by atoms with E-state index in [9.17, 15) is 13.2 Å². The fourth-order valence-corrected chi connectivity index (χ4v) is 6.53. The minimum Gasteiger partial charge on any atom is -0.352 e. The van der Waals surface area contributed by atoms with Crippen LogP contribution in [0.2, 0.25) is 0 Å². The summed E-state index contributed by atoms with van der Waals surface area (Å²) >= 11 is 1.35. The lowest BCUT2D eigenvalue weighted by molar-refractivity contribution is -0.119. The van der Waals surface area contributed by atoms with Crippen molar-refractivity contribution in [2.75, 3.05) is 30.3 Å². The van der Waals surface area contributed by atoms with E-state index in [2.05, 4.69) is 37.1 Å². The fourth-order valence-electron chi connectivity index (χ4n) is 4.09. The van der Waals surface area contributed by atoms with Gasteiger partial charge in [-0.3, -0.25) is 9.69 Å². The fraction of sp³-hybridized carbons (Fsp3) is 0.571. The average Bonchev–Trinajstić information content (AvgIpc) is 3.30. The number of hydrogen-bond acceptors (Lipinski definition) is 7. The van der Waals surface area contributed by atoms with Crippen LogP contribution in [0.4, 0.5) is 0 Å². The molecule has 0 bridgehead atoms. The Morgan fingerprint density at radius 3 is 2.58 bits per heavy atom. The van der Waals surface area contributed by atoms with Gasteiger partial charge in [-0.2, -0.15) is 0 Å². The highest BCUT2D eigenvalue weighted by atomic mass is 32.2. The first-order valence-electron chi connectivity index (χ1n) is 10.8. The molecule has 1 amide bonds. The number of likely N-dealkylation sites (tertiary alicyclic amines) is 1. The van der Waals surface area contributed by atoms with Crippen LogP contribution in [0.15, 0.2) is 35.5 Å². The van der Waals surface area contributed by atoms with Crippen molar-refractivity contribution in [2.24, 2.45) is 0 Å². The number of carbonyl (C=O) groups excluding carboxylic acids is 1. The Morgan fingerprint density at radius 2 is 1.87 bits per heavy atom. The van der Waals surface area contributed by atoms with Gasteiger partial charge in [-0.15, -0.1) is 10.2 Å². The number of sulfone groups is 1. The molecule has 0 unspecified atom stereocenters. The van der Waals surface area contributed by atoms with Crippen LogP contribution in [-0.4, -0.2) is 70.4 Å². The highest BCUT2D eigenvalue weighted by Crippen LogP contribution is 2.21. The lowest BCUT2D eigenvalue weighted by atomic mass is 10.1. The van der Waals surface area contributed by atoms with E-state index in [-0.39, 0.29) is 29.2 Å². The largest absolute Gasteiger partial charge is 0.352 e. The minimum atomic E-state index is -3.01. The van der Waals surface area contributed by atoms with E-state index in [0.717, 1.165) is 31.0 Å². The second kappa shape index (κ2) is 10.1. The molecular formula is C21H29N5O3S2. The van der Waals surface area contributed by atoms with Crippen molar-refractivity contribution in [2.45, 2.75) is 50.0 Å². The number of amides is 1. The first-order chi connectivity index (χ1) is 15.0. The predicted molar refractivity (Wildman–Crippen MR) is 121 cm³/mol. The van der Waals surface area contributed by atoms with E-state index in [4.69, 9.17) is 0 Å². The number of carbonyl (C=O) groups is 1. The Bertz CT molecular complexity index is 988. The molecule has 2 aromatic rings. The van der Waals surface area contributed by atoms with Gasteiger partial charge in [0.15, 0.2) is 15.0 Å². The highest BCUT2D eigenvalue weighted by Gasteiger charge is 2.29. The molecule has 0 saturated carbocycles. The second-order valence-electron chi connectivity index (χ2n) is 8.26. The molecule has 1 aromatic carbocycles. The number of thioether (sulfide) groups is 1. The molecule has 3 heterocycles.